The van der Waals surface area contributed by atoms with Crippen molar-refractivity contribution >= 4 is 72.6 Å². The van der Waals surface area contributed by atoms with Crippen molar-refractivity contribution in [2.75, 3.05) is 87.4 Å². The van der Waals surface area contributed by atoms with E-state index >= 15 is 0 Å². The first-order valence-electron chi connectivity index (χ1n) is 22.6. The van der Waals surface area contributed by atoms with Gasteiger partial charge in [-0.15, -0.1) is 0 Å². The summed E-state index contributed by atoms with van der Waals surface area (Å²) in [7, 11) is -4.63. The summed E-state index contributed by atoms with van der Waals surface area (Å²) in [5.74, 6) is -0.633. The number of hydrogen-bond acceptors (Lipinski definition) is 14. The molecule has 3 fully saturated rings. The largest absolute Gasteiger partial charge is 0.476 e. The molecule has 3 aliphatic heterocycles. The Balaban J connectivity index is 0.916. The maximum Gasteiger partial charge on any atom is 0.293 e. The molecule has 1 spiro atoms. The third kappa shape index (κ3) is 9.16. The molecule has 10 rings (SSSR count). The molecule has 3 N–H and O–H groups in total. The number of aromatic nitrogens is 3. The van der Waals surface area contributed by atoms with Crippen molar-refractivity contribution in [3.63, 3.8) is 0 Å². The molecule has 0 bridgehead atoms. The van der Waals surface area contributed by atoms with Crippen LogP contribution in [0.15, 0.2) is 83.5 Å². The maximum absolute atomic E-state index is 14.3. The van der Waals surface area contributed by atoms with Gasteiger partial charge in [-0.1, -0.05) is 35.7 Å². The number of nitrogens with one attached hydrogen (secondary N) is 3. The molecule has 0 radical (unpaired) electrons. The highest BCUT2D eigenvalue weighted by molar-refractivity contribution is 7.90. The molecular weight excluding hydrogens is 886 g/mol. The standard InChI is InChI=1S/C47H52ClN9O8S/c48-34-5-3-31(4-6-34)38-26-47(11-1-12-47)13-9-33(38)29-54-16-18-55(19-17-54)35-24-41(56-15-2-20-65-46-42(56)23-32-10-14-49-44(32)52-46)43(51-27-35)45(58)53-66(61,62)37-7-8-39(40(25-37)57(59)60)50-28-36-30-63-21-22-64-36/h3-8,10,14,23-25,27,36,50H,1-2,9,11-13,15-22,26,28-30H2,(H,49,52)(H,53,58)/t36-/m0/s1. The Bertz CT molecular complexity index is 2780. The second-order valence-corrected chi connectivity index (χ2v) is 20.0. The van der Waals surface area contributed by atoms with E-state index in [0.29, 0.717) is 80.8 Å². The number of halogens is 1. The average Bonchev–Trinajstić information content (AvgIpc) is 3.68. The molecule has 66 heavy (non-hydrogen) atoms. The zero-order chi connectivity index (χ0) is 45.4. The van der Waals surface area contributed by atoms with Crippen LogP contribution in [-0.2, 0) is 19.5 Å². The van der Waals surface area contributed by atoms with Crippen molar-refractivity contribution in [1.29, 1.82) is 0 Å². The Morgan fingerprint density at radius 1 is 0.970 bits per heavy atom. The van der Waals surface area contributed by atoms with Gasteiger partial charge in [0, 0.05) is 68.5 Å². The van der Waals surface area contributed by atoms with Crippen LogP contribution in [0.4, 0.5) is 28.4 Å². The molecule has 19 heteroatoms. The van der Waals surface area contributed by atoms with E-state index in [9.17, 15) is 23.3 Å². The lowest BCUT2D eigenvalue weighted by Crippen LogP contribution is -2.47. The molecule has 3 aromatic heterocycles. The fourth-order valence-electron chi connectivity index (χ4n) is 9.92. The second kappa shape index (κ2) is 18.5. The molecule has 0 unspecified atom stereocenters. The number of nitro benzene ring substituents is 1. The first-order valence-corrected chi connectivity index (χ1v) is 24.5. The molecule has 1 amide bonds. The minimum Gasteiger partial charge on any atom is -0.476 e. The smallest absolute Gasteiger partial charge is 0.293 e. The molecule has 1 saturated carbocycles. The van der Waals surface area contributed by atoms with Gasteiger partial charge in [-0.3, -0.25) is 19.8 Å². The van der Waals surface area contributed by atoms with Crippen molar-refractivity contribution in [1.82, 2.24) is 24.6 Å². The zero-order valence-corrected chi connectivity index (χ0v) is 38.0. The lowest BCUT2D eigenvalue weighted by Gasteiger charge is -2.47. The Labute approximate surface area is 387 Å². The van der Waals surface area contributed by atoms with Gasteiger partial charge in [-0.25, -0.2) is 18.1 Å². The molecule has 5 aromatic rings. The predicted molar refractivity (Wildman–Crippen MR) is 251 cm³/mol. The van der Waals surface area contributed by atoms with Crippen LogP contribution in [0.2, 0.25) is 5.02 Å². The average molecular weight is 939 g/mol. The highest BCUT2D eigenvalue weighted by Crippen LogP contribution is 2.55. The number of aromatic amines is 1. The Morgan fingerprint density at radius 3 is 2.56 bits per heavy atom. The van der Waals surface area contributed by atoms with Crippen LogP contribution in [0, 0.1) is 15.5 Å². The van der Waals surface area contributed by atoms with Crippen LogP contribution in [0.25, 0.3) is 16.6 Å². The van der Waals surface area contributed by atoms with E-state index in [2.05, 4.69) is 41.9 Å². The van der Waals surface area contributed by atoms with Gasteiger partial charge in [0.15, 0.2) is 5.69 Å². The number of H-pyrrole nitrogens is 1. The first kappa shape index (κ1) is 44.1. The number of nitro groups is 1. The summed E-state index contributed by atoms with van der Waals surface area (Å²) in [6.45, 7) is 6.15. The summed E-state index contributed by atoms with van der Waals surface area (Å²) >= 11 is 6.30. The molecule has 6 heterocycles. The lowest BCUT2D eigenvalue weighted by atomic mass is 9.59. The summed E-state index contributed by atoms with van der Waals surface area (Å²) in [6.07, 6.45) is 11.0. The van der Waals surface area contributed by atoms with Gasteiger partial charge in [0.2, 0.25) is 5.88 Å². The molecule has 17 nitrogen and oxygen atoms in total. The number of carbonyl (C=O) groups excluding carboxylic acids is 1. The molecular formula is C47H52ClN9O8S. The minimum absolute atomic E-state index is 0.0997. The number of nitrogens with zero attached hydrogens (tertiary/aromatic N) is 6. The van der Waals surface area contributed by atoms with Crippen molar-refractivity contribution in [3.05, 3.63) is 105 Å². The highest BCUT2D eigenvalue weighted by Gasteiger charge is 2.41. The Morgan fingerprint density at radius 2 is 1.80 bits per heavy atom. The van der Waals surface area contributed by atoms with Gasteiger partial charge in [0.1, 0.15) is 17.0 Å². The number of amides is 1. The predicted octanol–water partition coefficient (Wildman–Crippen LogP) is 7.32. The van der Waals surface area contributed by atoms with E-state index in [4.69, 9.17) is 30.8 Å². The SMILES string of the molecule is O=C(NS(=O)(=O)c1ccc(NC[C@H]2COCCO2)c([N+](=O)[O-])c1)c1ncc(N2CCN(CC3=C(c4ccc(Cl)cc4)CC4(CCC4)CC3)CC2)cc1N1CCCOc2nc3[nH]ccc3cc21. The van der Waals surface area contributed by atoms with E-state index in [0.717, 1.165) is 54.6 Å². The molecule has 2 saturated heterocycles. The highest BCUT2D eigenvalue weighted by atomic mass is 35.5. The van der Waals surface area contributed by atoms with Crippen LogP contribution < -0.4 is 24.6 Å². The molecule has 2 aromatic carbocycles. The van der Waals surface area contributed by atoms with Crippen molar-refractivity contribution in [2.45, 2.75) is 55.9 Å². The number of pyridine rings is 2. The summed E-state index contributed by atoms with van der Waals surface area (Å²) in [5.41, 5.74) is 6.55. The van der Waals surface area contributed by atoms with Crippen molar-refractivity contribution < 1.29 is 32.3 Å². The van der Waals surface area contributed by atoms with E-state index in [1.807, 2.05) is 35.2 Å². The number of allylic oxidation sites excluding steroid dienone is 1. The Kier molecular flexibility index (Phi) is 12.3. The van der Waals surface area contributed by atoms with Gasteiger partial charge in [-0.2, -0.15) is 4.98 Å². The van der Waals surface area contributed by atoms with E-state index in [-0.39, 0.29) is 24.0 Å². The number of hydrogen-bond donors (Lipinski definition) is 3. The second-order valence-electron chi connectivity index (χ2n) is 17.8. The third-order valence-electron chi connectivity index (χ3n) is 13.7. The van der Waals surface area contributed by atoms with Crippen molar-refractivity contribution in [3.8, 4) is 5.88 Å². The van der Waals surface area contributed by atoms with Crippen LogP contribution in [0.3, 0.4) is 0 Å². The summed E-state index contributed by atoms with van der Waals surface area (Å²) in [6, 6.07) is 17.5. The topological polar surface area (TPSA) is 197 Å². The number of ether oxygens (including phenoxy) is 3. The molecule has 1 atom stereocenters. The van der Waals surface area contributed by atoms with E-state index < -0.39 is 31.4 Å². The fraction of sp³-hybridized carbons (Fsp3) is 0.426. The molecule has 2 aliphatic carbocycles. The van der Waals surface area contributed by atoms with E-state index in [1.165, 1.54) is 54.5 Å². The number of rotatable bonds is 12. The number of carbonyl (C=O) groups is 1. The first-order chi connectivity index (χ1) is 32.0. The number of sulfonamides is 1. The molecule has 346 valence electrons. The van der Waals surface area contributed by atoms with Gasteiger partial charge in [-0.05, 0) is 97.5 Å². The number of anilines is 4. The Hall–Kier alpha value is -5.79. The summed E-state index contributed by atoms with van der Waals surface area (Å²) < 4.78 is 47.1. The molecule has 5 aliphatic rings. The van der Waals surface area contributed by atoms with E-state index in [1.54, 1.807) is 12.4 Å². The van der Waals surface area contributed by atoms with Gasteiger partial charge >= 0.3 is 0 Å². The number of benzene rings is 2. The van der Waals surface area contributed by atoms with Crippen LogP contribution >= 0.6 is 11.6 Å². The minimum atomic E-state index is -4.63. The summed E-state index contributed by atoms with van der Waals surface area (Å²) in [5, 5.41) is 16.7. The quantitative estimate of drug-likeness (QED) is 0.0831. The van der Waals surface area contributed by atoms with Gasteiger partial charge in [0.25, 0.3) is 21.6 Å². The third-order valence-corrected chi connectivity index (χ3v) is 15.3. The lowest BCUT2D eigenvalue weighted by molar-refractivity contribution is -0.384. The van der Waals surface area contributed by atoms with Crippen molar-refractivity contribution in [2.24, 2.45) is 5.41 Å². The monoisotopic (exact) mass is 937 g/mol. The van der Waals surface area contributed by atoms with Crippen LogP contribution in [0.1, 0.15) is 61.0 Å². The number of piperazine rings is 1. The number of fused-ring (bicyclic) bond motifs is 2. The maximum atomic E-state index is 14.3. The van der Waals surface area contributed by atoms with Crippen LogP contribution in [-0.4, -0.2) is 117 Å². The van der Waals surface area contributed by atoms with Gasteiger partial charge in [0.05, 0.1) is 59.9 Å². The summed E-state index contributed by atoms with van der Waals surface area (Å²) in [4.78, 5) is 44.6. The zero-order valence-electron chi connectivity index (χ0n) is 36.5. The van der Waals surface area contributed by atoms with Crippen LogP contribution in [0.5, 0.6) is 5.88 Å². The normalized spacial score (nSPS) is 20.0. The van der Waals surface area contributed by atoms with Gasteiger partial charge < -0.3 is 34.3 Å². The fourth-order valence-corrected chi connectivity index (χ4v) is 11.0.